The molecule has 3 aromatic heterocycles. The van der Waals surface area contributed by atoms with Crippen LogP contribution in [0, 0.1) is 0 Å². The molecule has 3 aromatic rings. The Morgan fingerprint density at radius 3 is 2.65 bits per heavy atom. The topological polar surface area (TPSA) is 134 Å². The SMILES string of the molecule is CC(c1nnn[nH]1)n1nc2nc(C(C)(C)C)nc(N3CC[C@H](O)C3)c2n1. The highest BCUT2D eigenvalue weighted by atomic mass is 16.3. The molecule has 0 aliphatic carbocycles. The van der Waals surface area contributed by atoms with Gasteiger partial charge in [0.2, 0.25) is 5.65 Å². The van der Waals surface area contributed by atoms with Gasteiger partial charge < -0.3 is 10.0 Å². The minimum Gasteiger partial charge on any atom is -0.391 e. The van der Waals surface area contributed by atoms with Crippen molar-refractivity contribution < 1.29 is 5.11 Å². The quantitative estimate of drug-likeness (QED) is 0.673. The first-order valence-corrected chi connectivity index (χ1v) is 8.64. The van der Waals surface area contributed by atoms with Crippen LogP contribution in [-0.4, -0.2) is 69.9 Å². The van der Waals surface area contributed by atoms with Crippen molar-refractivity contribution in [1.82, 2.24) is 45.6 Å². The van der Waals surface area contributed by atoms with Crippen LogP contribution in [0.3, 0.4) is 0 Å². The van der Waals surface area contributed by atoms with Gasteiger partial charge in [-0.05, 0) is 23.8 Å². The number of tetrazole rings is 1. The first-order valence-electron chi connectivity index (χ1n) is 8.64. The first kappa shape index (κ1) is 16.8. The smallest absolute Gasteiger partial charge is 0.207 e. The summed E-state index contributed by atoms with van der Waals surface area (Å²) in [5.41, 5.74) is 0.915. The molecule has 11 heteroatoms. The summed E-state index contributed by atoms with van der Waals surface area (Å²) >= 11 is 0. The summed E-state index contributed by atoms with van der Waals surface area (Å²) in [7, 11) is 0. The van der Waals surface area contributed by atoms with Crippen molar-refractivity contribution in [2.45, 2.75) is 51.7 Å². The Balaban J connectivity index is 1.84. The zero-order valence-electron chi connectivity index (χ0n) is 15.2. The molecule has 11 nitrogen and oxygen atoms in total. The van der Waals surface area contributed by atoms with Crippen LogP contribution in [0.5, 0.6) is 0 Å². The fraction of sp³-hybridized carbons (Fsp3) is 0.667. The highest BCUT2D eigenvalue weighted by molar-refractivity contribution is 5.82. The molecule has 2 atom stereocenters. The average Bonchev–Trinajstić information content (AvgIpc) is 3.32. The molecular formula is C15H22N10O. The normalized spacial score (nSPS) is 19.4. The molecule has 0 saturated carbocycles. The molecule has 138 valence electrons. The molecule has 4 heterocycles. The van der Waals surface area contributed by atoms with Crippen molar-refractivity contribution in [2.24, 2.45) is 0 Å². The Morgan fingerprint density at radius 2 is 2.04 bits per heavy atom. The van der Waals surface area contributed by atoms with Crippen LogP contribution in [-0.2, 0) is 5.41 Å². The fourth-order valence-corrected chi connectivity index (χ4v) is 2.93. The number of aromatic amines is 1. The predicted molar refractivity (Wildman–Crippen MR) is 92.6 cm³/mol. The van der Waals surface area contributed by atoms with E-state index in [0.717, 1.165) is 6.54 Å². The zero-order chi connectivity index (χ0) is 18.5. The average molecular weight is 358 g/mol. The van der Waals surface area contributed by atoms with Crippen molar-refractivity contribution in [1.29, 1.82) is 0 Å². The summed E-state index contributed by atoms with van der Waals surface area (Å²) < 4.78 is 0. The van der Waals surface area contributed by atoms with Crippen LogP contribution in [0.25, 0.3) is 11.2 Å². The zero-order valence-corrected chi connectivity index (χ0v) is 15.2. The maximum atomic E-state index is 9.93. The molecule has 0 amide bonds. The summed E-state index contributed by atoms with van der Waals surface area (Å²) in [5, 5.41) is 33.0. The third kappa shape index (κ3) is 2.87. The monoisotopic (exact) mass is 358 g/mol. The van der Waals surface area contributed by atoms with Crippen LogP contribution in [0.2, 0.25) is 0 Å². The van der Waals surface area contributed by atoms with E-state index < -0.39 is 0 Å². The number of rotatable bonds is 3. The Kier molecular flexibility index (Phi) is 3.83. The molecule has 0 bridgehead atoms. The van der Waals surface area contributed by atoms with Crippen LogP contribution in [0.1, 0.15) is 51.8 Å². The van der Waals surface area contributed by atoms with Crippen LogP contribution in [0.4, 0.5) is 5.82 Å². The standard InChI is InChI=1S/C15H22N10O/c1-8(11-18-22-23-19-11)25-20-10-12(21-25)16-14(15(2,3)4)17-13(10)24-6-5-9(26)7-24/h8-9,26H,5-7H2,1-4H3,(H,18,19,22,23)/t8?,9-/m0/s1. The Morgan fingerprint density at radius 1 is 1.23 bits per heavy atom. The molecule has 1 saturated heterocycles. The van der Waals surface area contributed by atoms with Gasteiger partial charge in [0.05, 0.1) is 6.10 Å². The van der Waals surface area contributed by atoms with Gasteiger partial charge in [0, 0.05) is 18.5 Å². The number of anilines is 1. The second kappa shape index (κ2) is 5.94. The minimum atomic E-state index is -0.354. The van der Waals surface area contributed by atoms with Crippen LogP contribution in [0.15, 0.2) is 0 Å². The third-order valence-corrected chi connectivity index (χ3v) is 4.48. The minimum absolute atomic E-state index is 0.231. The van der Waals surface area contributed by atoms with E-state index in [1.807, 2.05) is 11.8 Å². The highest BCUT2D eigenvalue weighted by Gasteiger charge is 2.29. The molecule has 4 rings (SSSR count). The lowest BCUT2D eigenvalue weighted by Gasteiger charge is -2.21. The second-order valence-electron chi connectivity index (χ2n) is 7.66. The van der Waals surface area contributed by atoms with E-state index in [-0.39, 0.29) is 17.6 Å². The van der Waals surface area contributed by atoms with E-state index in [2.05, 4.69) is 56.6 Å². The number of H-pyrrole nitrogens is 1. The summed E-state index contributed by atoms with van der Waals surface area (Å²) in [4.78, 5) is 13.0. The van der Waals surface area contributed by atoms with Crippen molar-refractivity contribution in [2.75, 3.05) is 18.0 Å². The molecule has 1 fully saturated rings. The summed E-state index contributed by atoms with van der Waals surface area (Å²) in [6, 6.07) is -0.269. The second-order valence-corrected chi connectivity index (χ2v) is 7.66. The number of β-amino-alcohol motifs (C(OH)–C–C–N with tert-alkyl or cyclic N) is 1. The maximum absolute atomic E-state index is 9.93. The molecule has 1 aliphatic rings. The number of hydrogen-bond donors (Lipinski definition) is 2. The van der Waals surface area contributed by atoms with Gasteiger partial charge in [-0.1, -0.05) is 20.8 Å². The van der Waals surface area contributed by atoms with Gasteiger partial charge in [-0.25, -0.2) is 15.1 Å². The van der Waals surface area contributed by atoms with Gasteiger partial charge in [-0.2, -0.15) is 4.80 Å². The number of aromatic nitrogens is 9. The van der Waals surface area contributed by atoms with Crippen molar-refractivity contribution in [3.8, 4) is 0 Å². The lowest BCUT2D eigenvalue weighted by molar-refractivity contribution is 0.198. The van der Waals surface area contributed by atoms with E-state index in [1.165, 1.54) is 0 Å². The number of nitrogens with zero attached hydrogens (tertiary/aromatic N) is 9. The number of hydrogen-bond acceptors (Lipinski definition) is 9. The Bertz CT molecular complexity index is 913. The molecule has 2 N–H and O–H groups in total. The van der Waals surface area contributed by atoms with Crippen LogP contribution < -0.4 is 4.90 Å². The number of fused-ring (bicyclic) bond motifs is 1. The number of aliphatic hydroxyl groups is 1. The number of nitrogens with one attached hydrogen (secondary N) is 1. The van der Waals surface area contributed by atoms with E-state index >= 15 is 0 Å². The van der Waals surface area contributed by atoms with Gasteiger partial charge in [-0.3, -0.25) is 0 Å². The highest BCUT2D eigenvalue weighted by Crippen LogP contribution is 2.29. The van der Waals surface area contributed by atoms with Crippen molar-refractivity contribution in [3.05, 3.63) is 11.6 Å². The summed E-state index contributed by atoms with van der Waals surface area (Å²) in [6.07, 6.45) is 0.359. The molecule has 0 spiro atoms. The van der Waals surface area contributed by atoms with Crippen molar-refractivity contribution >= 4 is 17.0 Å². The fourth-order valence-electron chi connectivity index (χ4n) is 2.93. The molecule has 1 unspecified atom stereocenters. The number of aliphatic hydroxyl groups excluding tert-OH is 1. The maximum Gasteiger partial charge on any atom is 0.207 e. The van der Waals surface area contributed by atoms with Gasteiger partial charge in [0.25, 0.3) is 0 Å². The van der Waals surface area contributed by atoms with E-state index in [0.29, 0.717) is 41.6 Å². The molecule has 0 aromatic carbocycles. The molecular weight excluding hydrogens is 336 g/mol. The lowest BCUT2D eigenvalue weighted by Crippen LogP contribution is -2.25. The van der Waals surface area contributed by atoms with Gasteiger partial charge >= 0.3 is 0 Å². The van der Waals surface area contributed by atoms with Gasteiger partial charge in [-0.15, -0.1) is 15.3 Å². The lowest BCUT2D eigenvalue weighted by atomic mass is 9.96. The van der Waals surface area contributed by atoms with E-state index in [9.17, 15) is 5.11 Å². The van der Waals surface area contributed by atoms with Gasteiger partial charge in [0.15, 0.2) is 17.2 Å². The molecule has 1 aliphatic heterocycles. The van der Waals surface area contributed by atoms with E-state index in [4.69, 9.17) is 4.98 Å². The van der Waals surface area contributed by atoms with Gasteiger partial charge in [0.1, 0.15) is 11.9 Å². The van der Waals surface area contributed by atoms with Crippen molar-refractivity contribution in [3.63, 3.8) is 0 Å². The predicted octanol–water partition coefficient (Wildman–Crippen LogP) is 0.212. The van der Waals surface area contributed by atoms with Crippen LogP contribution >= 0.6 is 0 Å². The molecule has 26 heavy (non-hydrogen) atoms. The first-order chi connectivity index (χ1) is 12.3. The Hall–Kier alpha value is -2.69. The summed E-state index contributed by atoms with van der Waals surface area (Å²) in [6.45, 7) is 9.34. The van der Waals surface area contributed by atoms with E-state index in [1.54, 1.807) is 4.80 Å². The molecule has 0 radical (unpaired) electrons. The largest absolute Gasteiger partial charge is 0.391 e. The summed E-state index contributed by atoms with van der Waals surface area (Å²) in [5.74, 6) is 1.97. The third-order valence-electron chi connectivity index (χ3n) is 4.48. The Labute approximate surface area is 149 Å².